The number of likely N-dealkylation sites (tertiary alicyclic amines) is 1. The number of primary amides is 1. The standard InChI is InChI=1S/C25H39N5O5/c1-24(2,3)19(29-23(35)27-13-8-9-13)22(34)30-11-14-16(25(14,4)5)17(30)21(33)28-15(10-12-6-7-12)18(31)20(26)32/h12-17,19H,6-11H2,1-5H3,(H2,26,32)(H,28,33)(H2,27,29,35). The number of nitrogens with two attached hydrogens (primary N) is 1. The van der Waals surface area contributed by atoms with Crippen molar-refractivity contribution in [1.82, 2.24) is 20.9 Å². The molecular weight excluding hydrogens is 450 g/mol. The smallest absolute Gasteiger partial charge is 0.315 e. The summed E-state index contributed by atoms with van der Waals surface area (Å²) in [5.74, 6) is -2.25. The quantitative estimate of drug-likeness (QED) is 0.351. The second-order valence-electron chi connectivity index (χ2n) is 12.5. The Balaban J connectivity index is 1.53. The van der Waals surface area contributed by atoms with Crippen LogP contribution in [0.5, 0.6) is 0 Å². The highest BCUT2D eigenvalue weighted by atomic mass is 16.2. The highest BCUT2D eigenvalue weighted by Gasteiger charge is 2.70. The van der Waals surface area contributed by atoms with Gasteiger partial charge < -0.3 is 26.6 Å². The maximum atomic E-state index is 13.8. The van der Waals surface area contributed by atoms with E-state index < -0.39 is 41.1 Å². The summed E-state index contributed by atoms with van der Waals surface area (Å²) in [4.78, 5) is 65.4. The molecule has 4 aliphatic rings. The summed E-state index contributed by atoms with van der Waals surface area (Å²) in [6, 6.07) is -2.82. The van der Waals surface area contributed by atoms with Crippen molar-refractivity contribution in [1.29, 1.82) is 0 Å². The van der Waals surface area contributed by atoms with Crippen LogP contribution in [0.15, 0.2) is 0 Å². The van der Waals surface area contributed by atoms with Gasteiger partial charge >= 0.3 is 6.03 Å². The maximum Gasteiger partial charge on any atom is 0.315 e. The Morgan fingerprint density at radius 2 is 1.66 bits per heavy atom. The fourth-order valence-corrected chi connectivity index (χ4v) is 5.56. The van der Waals surface area contributed by atoms with E-state index in [1.807, 2.05) is 20.8 Å². The Bertz CT molecular complexity index is 933. The summed E-state index contributed by atoms with van der Waals surface area (Å²) < 4.78 is 0. The second kappa shape index (κ2) is 8.78. The highest BCUT2D eigenvalue weighted by Crippen LogP contribution is 2.65. The van der Waals surface area contributed by atoms with Crippen LogP contribution in [0, 0.1) is 28.6 Å². The number of carbonyl (C=O) groups excluding carboxylic acids is 5. The Kier molecular flexibility index (Phi) is 6.38. The van der Waals surface area contributed by atoms with E-state index in [4.69, 9.17) is 5.73 Å². The van der Waals surface area contributed by atoms with E-state index in [9.17, 15) is 24.0 Å². The molecule has 5 amide bonds. The molecule has 0 aromatic rings. The average molecular weight is 490 g/mol. The van der Waals surface area contributed by atoms with E-state index in [0.29, 0.717) is 13.0 Å². The lowest BCUT2D eigenvalue weighted by Crippen LogP contribution is -2.61. The van der Waals surface area contributed by atoms with E-state index >= 15 is 0 Å². The molecule has 0 bridgehead atoms. The van der Waals surface area contributed by atoms with Crippen LogP contribution in [0.4, 0.5) is 4.79 Å². The lowest BCUT2D eigenvalue weighted by Gasteiger charge is -2.38. The number of ketones is 1. The van der Waals surface area contributed by atoms with Gasteiger partial charge in [0.2, 0.25) is 17.6 Å². The van der Waals surface area contributed by atoms with Crippen LogP contribution in [0.2, 0.25) is 0 Å². The van der Waals surface area contributed by atoms with Crippen LogP contribution in [0.3, 0.4) is 0 Å². The Hall–Kier alpha value is -2.65. The van der Waals surface area contributed by atoms with E-state index in [1.165, 1.54) is 0 Å². The van der Waals surface area contributed by atoms with Crippen molar-refractivity contribution in [3.05, 3.63) is 0 Å². The fraction of sp³-hybridized carbons (Fsp3) is 0.800. The van der Waals surface area contributed by atoms with Gasteiger partial charge in [0, 0.05) is 12.6 Å². The van der Waals surface area contributed by atoms with Crippen molar-refractivity contribution < 1.29 is 24.0 Å². The van der Waals surface area contributed by atoms with Gasteiger partial charge in [-0.05, 0) is 47.8 Å². The van der Waals surface area contributed by atoms with Crippen molar-refractivity contribution in [2.24, 2.45) is 34.3 Å². The molecule has 4 rings (SSSR count). The Morgan fingerprint density at radius 3 is 2.17 bits per heavy atom. The van der Waals surface area contributed by atoms with Gasteiger partial charge in [-0.3, -0.25) is 19.2 Å². The van der Waals surface area contributed by atoms with Crippen LogP contribution in [-0.2, 0) is 19.2 Å². The van der Waals surface area contributed by atoms with E-state index in [2.05, 4.69) is 29.8 Å². The first kappa shape index (κ1) is 25.4. The van der Waals surface area contributed by atoms with Crippen molar-refractivity contribution in [3.8, 4) is 0 Å². The molecule has 3 saturated carbocycles. The predicted octanol–water partition coefficient (Wildman–Crippen LogP) is 0.685. The normalized spacial score (nSPS) is 28.4. The molecular formula is C25H39N5O5. The first-order valence-corrected chi connectivity index (χ1v) is 12.7. The van der Waals surface area contributed by atoms with E-state index in [-0.39, 0.29) is 41.1 Å². The summed E-state index contributed by atoms with van der Waals surface area (Å²) in [7, 11) is 0. The SMILES string of the molecule is CC(C)(C)C(NC(=O)NC1CC1)C(=O)N1CC2C(C1C(=O)NC(CC1CC1)C(=O)C(N)=O)C2(C)C. The molecule has 4 fully saturated rings. The van der Waals surface area contributed by atoms with Gasteiger partial charge in [0.1, 0.15) is 12.1 Å². The third kappa shape index (κ3) is 5.30. The summed E-state index contributed by atoms with van der Waals surface area (Å²) >= 11 is 0. The van der Waals surface area contributed by atoms with Gasteiger partial charge in [-0.1, -0.05) is 47.5 Å². The van der Waals surface area contributed by atoms with Gasteiger partial charge in [-0.25, -0.2) is 4.79 Å². The van der Waals surface area contributed by atoms with Gasteiger partial charge in [0.05, 0.1) is 6.04 Å². The van der Waals surface area contributed by atoms with Gasteiger partial charge in [0.25, 0.3) is 5.91 Å². The molecule has 3 aliphatic carbocycles. The minimum Gasteiger partial charge on any atom is -0.363 e. The lowest BCUT2D eigenvalue weighted by molar-refractivity contribution is -0.145. The van der Waals surface area contributed by atoms with Gasteiger partial charge in [-0.2, -0.15) is 0 Å². The Labute approximate surface area is 206 Å². The molecule has 5 N–H and O–H groups in total. The zero-order valence-electron chi connectivity index (χ0n) is 21.3. The molecule has 0 radical (unpaired) electrons. The second-order valence-corrected chi connectivity index (χ2v) is 12.5. The number of carbonyl (C=O) groups is 5. The van der Waals surface area contributed by atoms with Crippen LogP contribution in [0.25, 0.3) is 0 Å². The first-order valence-electron chi connectivity index (χ1n) is 12.7. The number of nitrogens with one attached hydrogen (secondary N) is 3. The number of Topliss-reactive ketones (excluding diaryl/α,β-unsaturated/α-hetero) is 1. The minimum absolute atomic E-state index is 0.0578. The average Bonchev–Trinajstić information content (AvgIpc) is 3.69. The number of piperidine rings is 1. The van der Waals surface area contributed by atoms with Crippen molar-refractivity contribution in [3.63, 3.8) is 0 Å². The number of urea groups is 1. The summed E-state index contributed by atoms with van der Waals surface area (Å²) in [5.41, 5.74) is 4.53. The zero-order chi connectivity index (χ0) is 25.9. The van der Waals surface area contributed by atoms with Crippen molar-refractivity contribution in [2.45, 2.75) is 90.9 Å². The number of fused-ring (bicyclic) bond motifs is 1. The van der Waals surface area contributed by atoms with Crippen LogP contribution < -0.4 is 21.7 Å². The predicted molar refractivity (Wildman–Crippen MR) is 128 cm³/mol. The first-order chi connectivity index (χ1) is 16.2. The number of hydrogen-bond donors (Lipinski definition) is 4. The molecule has 35 heavy (non-hydrogen) atoms. The molecule has 0 aromatic carbocycles. The van der Waals surface area contributed by atoms with E-state index in [1.54, 1.807) is 4.90 Å². The fourth-order valence-electron chi connectivity index (χ4n) is 5.56. The molecule has 1 aliphatic heterocycles. The number of nitrogens with zero attached hydrogens (tertiary/aromatic N) is 1. The van der Waals surface area contributed by atoms with Crippen molar-refractivity contribution in [2.75, 3.05) is 6.54 Å². The molecule has 0 spiro atoms. The molecule has 10 nitrogen and oxygen atoms in total. The third-order valence-corrected chi connectivity index (χ3v) is 8.20. The number of hydrogen-bond acceptors (Lipinski definition) is 5. The minimum atomic E-state index is -1.07. The molecule has 5 unspecified atom stereocenters. The third-order valence-electron chi connectivity index (χ3n) is 8.20. The van der Waals surface area contributed by atoms with E-state index in [0.717, 1.165) is 25.7 Å². The molecule has 1 heterocycles. The summed E-state index contributed by atoms with van der Waals surface area (Å²) in [5, 5.41) is 8.45. The monoisotopic (exact) mass is 489 g/mol. The van der Waals surface area contributed by atoms with Crippen LogP contribution in [0.1, 0.15) is 66.7 Å². The number of rotatable bonds is 9. The van der Waals surface area contributed by atoms with Crippen LogP contribution >= 0.6 is 0 Å². The molecule has 194 valence electrons. The summed E-state index contributed by atoms with van der Waals surface area (Å²) in [6.07, 6.45) is 4.14. The molecule has 1 saturated heterocycles. The van der Waals surface area contributed by atoms with Crippen molar-refractivity contribution >= 4 is 29.5 Å². The topological polar surface area (TPSA) is 151 Å². The Morgan fingerprint density at radius 1 is 1.03 bits per heavy atom. The van der Waals surface area contributed by atoms with Gasteiger partial charge in [-0.15, -0.1) is 0 Å². The molecule has 5 atom stereocenters. The largest absolute Gasteiger partial charge is 0.363 e. The molecule has 0 aromatic heterocycles. The van der Waals surface area contributed by atoms with Crippen LogP contribution in [-0.4, -0.2) is 65.1 Å². The van der Waals surface area contributed by atoms with Gasteiger partial charge in [0.15, 0.2) is 0 Å². The molecule has 10 heteroatoms. The number of amides is 5. The maximum absolute atomic E-state index is 13.8. The summed E-state index contributed by atoms with van der Waals surface area (Å²) in [6.45, 7) is 10.2. The highest BCUT2D eigenvalue weighted by molar-refractivity contribution is 6.37. The zero-order valence-corrected chi connectivity index (χ0v) is 21.3. The lowest BCUT2D eigenvalue weighted by atomic mass is 9.85.